The zero-order valence-electron chi connectivity index (χ0n) is 13.6. The summed E-state index contributed by atoms with van der Waals surface area (Å²) < 4.78 is 15.1. The first-order valence-corrected chi connectivity index (χ1v) is 7.61. The van der Waals surface area contributed by atoms with Gasteiger partial charge in [-0.1, -0.05) is 12.1 Å². The van der Waals surface area contributed by atoms with Crippen LogP contribution in [0.25, 0.3) is 5.82 Å². The molecule has 6 nitrogen and oxygen atoms in total. The van der Waals surface area contributed by atoms with Gasteiger partial charge < -0.3 is 10.2 Å². The van der Waals surface area contributed by atoms with Crippen LogP contribution in [-0.2, 0) is 0 Å². The topological polar surface area (TPSA) is 58.9 Å². The largest absolute Gasteiger partial charge is 0.367 e. The summed E-state index contributed by atoms with van der Waals surface area (Å²) in [7, 11) is 3.92. The molecular weight excluding hydrogens is 307 g/mol. The Morgan fingerprint density at radius 2 is 2.12 bits per heavy atom. The van der Waals surface area contributed by atoms with E-state index in [-0.39, 0.29) is 11.9 Å². The van der Waals surface area contributed by atoms with Crippen molar-refractivity contribution in [2.45, 2.75) is 6.04 Å². The lowest BCUT2D eigenvalue weighted by molar-refractivity contribution is 0.311. The number of halogens is 1. The molecule has 0 aliphatic carbocycles. The van der Waals surface area contributed by atoms with Crippen molar-refractivity contribution in [3.8, 4) is 5.82 Å². The van der Waals surface area contributed by atoms with Crippen molar-refractivity contribution in [1.29, 1.82) is 0 Å². The molecule has 124 valence electrons. The van der Waals surface area contributed by atoms with Crippen molar-refractivity contribution in [2.24, 2.45) is 0 Å². The summed E-state index contributed by atoms with van der Waals surface area (Å²) in [4.78, 5) is 10.7. The van der Waals surface area contributed by atoms with Gasteiger partial charge in [0, 0.05) is 18.9 Å². The first kappa shape index (κ1) is 16.1. The first-order valence-electron chi connectivity index (χ1n) is 7.61. The third kappa shape index (κ3) is 3.75. The number of hydrogen-bond donors (Lipinski definition) is 1. The lowest BCUT2D eigenvalue weighted by Crippen LogP contribution is -2.27. The number of likely N-dealkylation sites (N-methyl/N-ethyl adjacent to an activating group) is 1. The fourth-order valence-corrected chi connectivity index (χ4v) is 2.47. The maximum Gasteiger partial charge on any atom is 0.173 e. The number of anilines is 1. The molecule has 0 radical (unpaired) electrons. The van der Waals surface area contributed by atoms with Gasteiger partial charge in [0.2, 0.25) is 0 Å². The molecule has 1 atom stereocenters. The summed E-state index contributed by atoms with van der Waals surface area (Å²) >= 11 is 0. The van der Waals surface area contributed by atoms with Crippen LogP contribution in [0, 0.1) is 5.82 Å². The molecule has 0 bridgehead atoms. The minimum Gasteiger partial charge on any atom is -0.367 e. The van der Waals surface area contributed by atoms with Crippen molar-refractivity contribution in [3.63, 3.8) is 0 Å². The van der Waals surface area contributed by atoms with Gasteiger partial charge in [0.1, 0.15) is 11.6 Å². The molecule has 3 rings (SSSR count). The molecule has 1 N–H and O–H groups in total. The highest BCUT2D eigenvalue weighted by Crippen LogP contribution is 2.19. The zero-order valence-corrected chi connectivity index (χ0v) is 13.6. The van der Waals surface area contributed by atoms with Crippen LogP contribution in [0.1, 0.15) is 11.6 Å². The van der Waals surface area contributed by atoms with Crippen molar-refractivity contribution in [1.82, 2.24) is 24.6 Å². The minimum atomic E-state index is -0.236. The molecule has 0 saturated carbocycles. The average Bonchev–Trinajstić information content (AvgIpc) is 3.10. The van der Waals surface area contributed by atoms with Crippen LogP contribution in [0.5, 0.6) is 0 Å². The molecule has 0 amide bonds. The smallest absolute Gasteiger partial charge is 0.173 e. The zero-order chi connectivity index (χ0) is 16.9. The SMILES string of the molecule is CN(C)C(CNc1cncc(-n2cccn2)n1)c1cccc(F)c1. The third-order valence-corrected chi connectivity index (χ3v) is 3.69. The Morgan fingerprint density at radius 3 is 2.83 bits per heavy atom. The third-order valence-electron chi connectivity index (χ3n) is 3.69. The van der Waals surface area contributed by atoms with E-state index in [1.165, 1.54) is 6.07 Å². The summed E-state index contributed by atoms with van der Waals surface area (Å²) in [6.45, 7) is 0.577. The van der Waals surface area contributed by atoms with E-state index in [4.69, 9.17) is 0 Å². The maximum atomic E-state index is 13.5. The monoisotopic (exact) mass is 326 g/mol. The molecule has 1 unspecified atom stereocenters. The number of nitrogens with zero attached hydrogens (tertiary/aromatic N) is 5. The molecule has 3 aromatic rings. The predicted molar refractivity (Wildman–Crippen MR) is 90.5 cm³/mol. The number of hydrogen-bond acceptors (Lipinski definition) is 5. The van der Waals surface area contributed by atoms with Crippen molar-refractivity contribution in [3.05, 3.63) is 66.5 Å². The second-order valence-electron chi connectivity index (χ2n) is 5.63. The summed E-state index contributed by atoms with van der Waals surface area (Å²) in [6, 6.07) is 8.48. The van der Waals surface area contributed by atoms with E-state index in [0.717, 1.165) is 5.56 Å². The minimum absolute atomic E-state index is 0.0101. The Morgan fingerprint density at radius 1 is 1.25 bits per heavy atom. The van der Waals surface area contributed by atoms with E-state index >= 15 is 0 Å². The quantitative estimate of drug-likeness (QED) is 0.754. The van der Waals surface area contributed by atoms with Crippen LogP contribution >= 0.6 is 0 Å². The molecule has 2 aromatic heterocycles. The average molecular weight is 326 g/mol. The highest BCUT2D eigenvalue weighted by Gasteiger charge is 2.15. The number of aromatic nitrogens is 4. The molecule has 2 heterocycles. The van der Waals surface area contributed by atoms with Crippen LogP contribution < -0.4 is 5.32 Å². The second kappa shape index (κ2) is 7.18. The molecule has 0 fully saturated rings. The van der Waals surface area contributed by atoms with Gasteiger partial charge in [0.05, 0.1) is 18.4 Å². The van der Waals surface area contributed by atoms with Crippen LogP contribution in [0.3, 0.4) is 0 Å². The molecular formula is C17H19FN6. The van der Waals surface area contributed by atoms with Crippen molar-refractivity contribution >= 4 is 5.82 Å². The number of benzene rings is 1. The van der Waals surface area contributed by atoms with Gasteiger partial charge in [0.15, 0.2) is 5.82 Å². The molecule has 1 aromatic carbocycles. The van der Waals surface area contributed by atoms with E-state index in [0.29, 0.717) is 18.2 Å². The maximum absolute atomic E-state index is 13.5. The number of rotatable bonds is 6. The van der Waals surface area contributed by atoms with Gasteiger partial charge in [-0.05, 0) is 37.9 Å². The molecule has 0 aliphatic rings. The standard InChI is InChI=1S/C17H19FN6/c1-23(2)15(13-5-3-6-14(18)9-13)10-20-16-11-19-12-17(22-16)24-8-4-7-21-24/h3-9,11-12,15H,10H2,1-2H3,(H,20,22). The first-order chi connectivity index (χ1) is 11.6. The Labute approximate surface area is 140 Å². The fraction of sp³-hybridized carbons (Fsp3) is 0.235. The van der Waals surface area contributed by atoms with Gasteiger partial charge in [0.25, 0.3) is 0 Å². The Hall–Kier alpha value is -2.80. The van der Waals surface area contributed by atoms with Gasteiger partial charge in [-0.3, -0.25) is 4.98 Å². The summed E-state index contributed by atoms with van der Waals surface area (Å²) in [5.74, 6) is 1.04. The van der Waals surface area contributed by atoms with E-state index in [1.807, 2.05) is 37.3 Å². The lowest BCUT2D eigenvalue weighted by atomic mass is 10.1. The number of nitrogens with one attached hydrogen (secondary N) is 1. The van der Waals surface area contributed by atoms with Crippen molar-refractivity contribution in [2.75, 3.05) is 26.0 Å². The van der Waals surface area contributed by atoms with Gasteiger partial charge in [-0.25, -0.2) is 14.1 Å². The fourth-order valence-electron chi connectivity index (χ4n) is 2.47. The van der Waals surface area contributed by atoms with Crippen LogP contribution in [0.15, 0.2) is 55.1 Å². The van der Waals surface area contributed by atoms with E-state index in [9.17, 15) is 4.39 Å². The van der Waals surface area contributed by atoms with Crippen molar-refractivity contribution < 1.29 is 4.39 Å². The molecule has 7 heteroatoms. The molecule has 0 aliphatic heterocycles. The lowest BCUT2D eigenvalue weighted by Gasteiger charge is -2.25. The van der Waals surface area contributed by atoms with Gasteiger partial charge in [-0.15, -0.1) is 0 Å². The predicted octanol–water partition coefficient (Wildman–Crippen LogP) is 2.52. The van der Waals surface area contributed by atoms with Gasteiger partial charge in [-0.2, -0.15) is 5.10 Å². The molecule has 0 spiro atoms. The molecule has 24 heavy (non-hydrogen) atoms. The van der Waals surface area contributed by atoms with E-state index < -0.39 is 0 Å². The summed E-state index contributed by atoms with van der Waals surface area (Å²) in [5, 5.41) is 7.41. The highest BCUT2D eigenvalue weighted by molar-refractivity contribution is 5.36. The van der Waals surface area contributed by atoms with Gasteiger partial charge >= 0.3 is 0 Å². The Bertz CT molecular complexity index is 787. The van der Waals surface area contributed by atoms with Crippen LogP contribution in [-0.4, -0.2) is 45.3 Å². The Kier molecular flexibility index (Phi) is 4.81. The highest BCUT2D eigenvalue weighted by atomic mass is 19.1. The normalized spacial score (nSPS) is 12.3. The van der Waals surface area contributed by atoms with Crippen LogP contribution in [0.4, 0.5) is 10.2 Å². The van der Waals surface area contributed by atoms with E-state index in [2.05, 4.69) is 20.4 Å². The Balaban J connectivity index is 1.74. The second-order valence-corrected chi connectivity index (χ2v) is 5.63. The van der Waals surface area contributed by atoms with Crippen LogP contribution in [0.2, 0.25) is 0 Å². The van der Waals surface area contributed by atoms with E-state index in [1.54, 1.807) is 35.4 Å². The summed E-state index contributed by atoms with van der Waals surface area (Å²) in [5.41, 5.74) is 0.906. The summed E-state index contributed by atoms with van der Waals surface area (Å²) in [6.07, 6.45) is 6.80. The molecule has 0 saturated heterocycles.